The van der Waals surface area contributed by atoms with Gasteiger partial charge in [0.1, 0.15) is 22.9 Å². The molecule has 0 aliphatic carbocycles. The van der Waals surface area contributed by atoms with E-state index in [9.17, 15) is 10.2 Å². The van der Waals surface area contributed by atoms with E-state index in [1.807, 2.05) is 55.6 Å². The van der Waals surface area contributed by atoms with Crippen LogP contribution < -0.4 is 0 Å². The lowest BCUT2D eigenvalue weighted by Gasteiger charge is -2.36. The predicted octanol–water partition coefficient (Wildman–Crippen LogP) is 4.57. The molecular formula is C24H22ClN3O3S. The third kappa shape index (κ3) is 4.27. The lowest BCUT2D eigenvalue weighted by molar-refractivity contribution is -0.166. The number of ether oxygens (including phenoxy) is 1. The molecule has 8 heteroatoms. The van der Waals surface area contributed by atoms with E-state index in [2.05, 4.69) is 15.2 Å². The van der Waals surface area contributed by atoms with Gasteiger partial charge >= 0.3 is 0 Å². The third-order valence-corrected chi connectivity index (χ3v) is 7.03. The summed E-state index contributed by atoms with van der Waals surface area (Å²) < 4.78 is 5.91. The van der Waals surface area contributed by atoms with Gasteiger partial charge in [0.2, 0.25) is 0 Å². The van der Waals surface area contributed by atoms with Crippen molar-refractivity contribution in [3.05, 3.63) is 75.9 Å². The van der Waals surface area contributed by atoms with Gasteiger partial charge in [0.25, 0.3) is 0 Å². The van der Waals surface area contributed by atoms with Gasteiger partial charge < -0.3 is 14.9 Å². The molecule has 1 aliphatic heterocycles. The highest BCUT2D eigenvalue weighted by atomic mass is 35.5. The van der Waals surface area contributed by atoms with Crippen LogP contribution in [0.4, 0.5) is 0 Å². The molecule has 1 fully saturated rings. The monoisotopic (exact) mass is 467 g/mol. The number of pyridine rings is 1. The normalized spacial score (nSPS) is 23.5. The number of hydrogen-bond acceptors (Lipinski definition) is 7. The summed E-state index contributed by atoms with van der Waals surface area (Å²) >= 11 is 7.94. The van der Waals surface area contributed by atoms with E-state index in [1.54, 1.807) is 6.07 Å². The summed E-state index contributed by atoms with van der Waals surface area (Å²) in [5.74, 6) is 0. The van der Waals surface area contributed by atoms with E-state index >= 15 is 0 Å². The highest BCUT2D eigenvalue weighted by molar-refractivity contribution is 7.14. The zero-order valence-electron chi connectivity index (χ0n) is 17.4. The number of benzene rings is 2. The minimum Gasteiger partial charge on any atom is -0.390 e. The van der Waals surface area contributed by atoms with Crippen molar-refractivity contribution < 1.29 is 14.9 Å². The summed E-state index contributed by atoms with van der Waals surface area (Å²) in [5, 5.41) is 33.6. The lowest BCUT2D eigenvalue weighted by atomic mass is 9.92. The summed E-state index contributed by atoms with van der Waals surface area (Å²) in [5.41, 5.74) is 2.43. The minimum absolute atomic E-state index is 0.141. The molecule has 2 aromatic heterocycles. The van der Waals surface area contributed by atoms with Crippen LogP contribution in [-0.2, 0) is 11.2 Å². The molecule has 32 heavy (non-hydrogen) atoms. The molecule has 0 bridgehead atoms. The van der Waals surface area contributed by atoms with Crippen molar-refractivity contribution in [2.45, 2.75) is 44.2 Å². The van der Waals surface area contributed by atoms with Crippen molar-refractivity contribution in [2.75, 3.05) is 0 Å². The van der Waals surface area contributed by atoms with Crippen molar-refractivity contribution in [1.82, 2.24) is 15.2 Å². The Labute approximate surface area is 194 Å². The Bertz CT molecular complexity index is 1260. The van der Waals surface area contributed by atoms with Crippen LogP contribution in [0.1, 0.15) is 35.6 Å². The number of nitrogens with zero attached hydrogens (tertiary/aromatic N) is 3. The Morgan fingerprint density at radius 3 is 2.75 bits per heavy atom. The third-order valence-electron chi connectivity index (χ3n) is 5.71. The number of aromatic nitrogens is 3. The molecule has 3 heterocycles. The number of hydrogen-bond donors (Lipinski definition) is 2. The second-order valence-electron chi connectivity index (χ2n) is 8.11. The second-order valence-corrected chi connectivity index (χ2v) is 9.58. The average Bonchev–Trinajstić information content (AvgIpc) is 3.26. The molecular weight excluding hydrogens is 446 g/mol. The number of halogens is 1. The largest absolute Gasteiger partial charge is 0.390 e. The maximum Gasteiger partial charge on any atom is 0.166 e. The van der Waals surface area contributed by atoms with Gasteiger partial charge in [-0.3, -0.25) is 4.98 Å². The molecule has 1 saturated heterocycles. The van der Waals surface area contributed by atoms with Gasteiger partial charge in [-0.15, -0.1) is 10.2 Å². The molecule has 5 rings (SSSR count). The van der Waals surface area contributed by atoms with Crippen LogP contribution in [0.3, 0.4) is 0 Å². The van der Waals surface area contributed by atoms with Crippen LogP contribution in [0.2, 0.25) is 5.02 Å². The maximum atomic E-state index is 10.4. The van der Waals surface area contributed by atoms with Gasteiger partial charge in [-0.25, -0.2) is 0 Å². The summed E-state index contributed by atoms with van der Waals surface area (Å²) in [4.78, 5) is 4.53. The molecule has 0 spiro atoms. The fourth-order valence-corrected chi connectivity index (χ4v) is 5.06. The molecule has 0 radical (unpaired) electrons. The standard InChI is InChI=1S/C24H22ClN3O3S/c1-13-8-20(29)22(30)23(31-13)15-6-7-18(25)17(9-15)11-21-27-28-24(32-21)19-10-14-4-2-3-5-16(14)12-26-19/h2-7,9-10,12-13,20,22-23,29-30H,8,11H2,1H3/t13-,20+,22-,23+/m1/s1. The van der Waals surface area contributed by atoms with Gasteiger partial charge in [-0.2, -0.15) is 0 Å². The zero-order valence-corrected chi connectivity index (χ0v) is 18.9. The number of fused-ring (bicyclic) bond motifs is 1. The van der Waals surface area contributed by atoms with Gasteiger partial charge in [-0.05, 0) is 35.6 Å². The van der Waals surface area contributed by atoms with E-state index < -0.39 is 18.3 Å². The van der Waals surface area contributed by atoms with Gasteiger partial charge in [0.05, 0.1) is 12.2 Å². The van der Waals surface area contributed by atoms with Crippen molar-refractivity contribution in [3.63, 3.8) is 0 Å². The van der Waals surface area contributed by atoms with Crippen molar-refractivity contribution in [1.29, 1.82) is 0 Å². The topological polar surface area (TPSA) is 88.4 Å². The average molecular weight is 468 g/mol. The van der Waals surface area contributed by atoms with Crippen molar-refractivity contribution >= 4 is 33.7 Å². The summed E-state index contributed by atoms with van der Waals surface area (Å²) in [7, 11) is 0. The summed E-state index contributed by atoms with van der Waals surface area (Å²) in [6.45, 7) is 1.89. The van der Waals surface area contributed by atoms with Gasteiger partial charge in [-0.1, -0.05) is 59.3 Å². The molecule has 0 unspecified atom stereocenters. The molecule has 2 N–H and O–H groups in total. The van der Waals surface area contributed by atoms with Crippen molar-refractivity contribution in [2.24, 2.45) is 0 Å². The first-order valence-electron chi connectivity index (χ1n) is 10.5. The molecule has 0 amide bonds. The van der Waals surface area contributed by atoms with E-state index in [-0.39, 0.29) is 6.10 Å². The first kappa shape index (κ1) is 21.4. The molecule has 4 aromatic rings. The quantitative estimate of drug-likeness (QED) is 0.457. The van der Waals surface area contributed by atoms with E-state index in [0.717, 1.165) is 37.6 Å². The first-order chi connectivity index (χ1) is 15.5. The molecule has 0 saturated carbocycles. The predicted molar refractivity (Wildman–Crippen MR) is 125 cm³/mol. The fraction of sp³-hybridized carbons (Fsp3) is 0.292. The number of aliphatic hydroxyl groups is 2. The lowest BCUT2D eigenvalue weighted by Crippen LogP contribution is -2.42. The Kier molecular flexibility index (Phi) is 5.92. The molecule has 164 valence electrons. The van der Waals surface area contributed by atoms with Gasteiger partial charge in [0.15, 0.2) is 5.01 Å². The Morgan fingerprint density at radius 2 is 1.91 bits per heavy atom. The molecule has 1 aliphatic rings. The van der Waals surface area contributed by atoms with E-state index in [0.29, 0.717) is 17.9 Å². The van der Waals surface area contributed by atoms with Crippen LogP contribution >= 0.6 is 22.9 Å². The Hall–Kier alpha value is -2.42. The van der Waals surface area contributed by atoms with E-state index in [1.165, 1.54) is 11.3 Å². The van der Waals surface area contributed by atoms with E-state index in [4.69, 9.17) is 16.3 Å². The second kappa shape index (κ2) is 8.84. The molecule has 6 nitrogen and oxygen atoms in total. The molecule has 4 atom stereocenters. The SMILES string of the molecule is C[C@@H]1C[C@H](O)[C@@H](O)[C@H](c2ccc(Cl)c(Cc3nnc(-c4cc5ccccc5cn4)s3)c2)O1. The van der Waals surface area contributed by atoms with Crippen LogP contribution in [0.15, 0.2) is 54.7 Å². The van der Waals surface area contributed by atoms with Crippen LogP contribution in [0.25, 0.3) is 21.5 Å². The highest BCUT2D eigenvalue weighted by Gasteiger charge is 2.36. The summed E-state index contributed by atoms with van der Waals surface area (Å²) in [6.07, 6.45) is 0.217. The smallest absolute Gasteiger partial charge is 0.166 e. The molecule has 2 aromatic carbocycles. The first-order valence-corrected chi connectivity index (χ1v) is 11.6. The van der Waals surface area contributed by atoms with Crippen LogP contribution in [0, 0.1) is 0 Å². The number of rotatable bonds is 4. The van der Waals surface area contributed by atoms with Crippen molar-refractivity contribution in [3.8, 4) is 10.7 Å². The zero-order chi connectivity index (χ0) is 22.2. The van der Waals surface area contributed by atoms with Crippen LogP contribution in [-0.4, -0.2) is 43.7 Å². The summed E-state index contributed by atoms with van der Waals surface area (Å²) in [6, 6.07) is 15.6. The van der Waals surface area contributed by atoms with Gasteiger partial charge in [0, 0.05) is 29.4 Å². The minimum atomic E-state index is -0.979. The Balaban J connectivity index is 1.40. The maximum absolute atomic E-state index is 10.4. The number of aliphatic hydroxyl groups excluding tert-OH is 2. The highest BCUT2D eigenvalue weighted by Crippen LogP contribution is 2.34. The Morgan fingerprint density at radius 1 is 1.09 bits per heavy atom. The fourth-order valence-electron chi connectivity index (χ4n) is 4.04. The van der Waals surface area contributed by atoms with Crippen LogP contribution in [0.5, 0.6) is 0 Å².